The standard InChI is InChI=1S/C19H25N3S/c1-20-19(22-17-9-10-18(12-17)23-2)21-13-14-7-8-15-5-3-4-6-16(15)11-14/h3-8,11,17-18H,9-10,12-13H2,1-2H3,(H2,20,21,22). The normalized spacial score (nSPS) is 21.6. The van der Waals surface area contributed by atoms with E-state index < -0.39 is 0 Å². The van der Waals surface area contributed by atoms with Crippen molar-refractivity contribution in [1.82, 2.24) is 10.6 Å². The number of aliphatic imine (C=N–C) groups is 1. The van der Waals surface area contributed by atoms with Crippen LogP contribution in [0.25, 0.3) is 10.8 Å². The molecule has 0 heterocycles. The molecule has 0 bridgehead atoms. The summed E-state index contributed by atoms with van der Waals surface area (Å²) >= 11 is 1.98. The SMILES string of the molecule is CN=C(NCc1ccc2ccccc2c1)NC1CCC(SC)C1. The summed E-state index contributed by atoms with van der Waals surface area (Å²) in [5.41, 5.74) is 1.28. The largest absolute Gasteiger partial charge is 0.354 e. The number of thioether (sulfide) groups is 1. The van der Waals surface area contributed by atoms with Crippen LogP contribution in [0.4, 0.5) is 0 Å². The summed E-state index contributed by atoms with van der Waals surface area (Å²) in [6, 6.07) is 15.6. The monoisotopic (exact) mass is 327 g/mol. The minimum atomic E-state index is 0.551. The molecule has 23 heavy (non-hydrogen) atoms. The first-order valence-electron chi connectivity index (χ1n) is 8.26. The molecular weight excluding hydrogens is 302 g/mol. The van der Waals surface area contributed by atoms with Gasteiger partial charge in [0.25, 0.3) is 0 Å². The van der Waals surface area contributed by atoms with E-state index in [1.807, 2.05) is 18.8 Å². The van der Waals surface area contributed by atoms with Gasteiger partial charge in [-0.3, -0.25) is 4.99 Å². The third kappa shape index (κ3) is 4.20. The van der Waals surface area contributed by atoms with Gasteiger partial charge >= 0.3 is 0 Å². The summed E-state index contributed by atoms with van der Waals surface area (Å²) in [4.78, 5) is 4.37. The van der Waals surface area contributed by atoms with E-state index in [0.29, 0.717) is 6.04 Å². The Morgan fingerprint density at radius 3 is 2.74 bits per heavy atom. The lowest BCUT2D eigenvalue weighted by atomic mass is 10.1. The quantitative estimate of drug-likeness (QED) is 0.662. The zero-order valence-corrected chi connectivity index (χ0v) is 14.7. The highest BCUT2D eigenvalue weighted by Gasteiger charge is 2.24. The lowest BCUT2D eigenvalue weighted by Gasteiger charge is -2.17. The smallest absolute Gasteiger partial charge is 0.191 e. The molecule has 2 atom stereocenters. The van der Waals surface area contributed by atoms with Gasteiger partial charge in [0.2, 0.25) is 0 Å². The van der Waals surface area contributed by atoms with Crippen LogP contribution in [0.5, 0.6) is 0 Å². The van der Waals surface area contributed by atoms with Gasteiger partial charge in [-0.15, -0.1) is 0 Å². The highest BCUT2D eigenvalue weighted by Crippen LogP contribution is 2.28. The fourth-order valence-electron chi connectivity index (χ4n) is 3.21. The van der Waals surface area contributed by atoms with Crippen molar-refractivity contribution in [3.8, 4) is 0 Å². The maximum Gasteiger partial charge on any atom is 0.191 e. The summed E-state index contributed by atoms with van der Waals surface area (Å²) in [6.45, 7) is 0.795. The van der Waals surface area contributed by atoms with E-state index in [9.17, 15) is 0 Å². The van der Waals surface area contributed by atoms with Crippen molar-refractivity contribution < 1.29 is 0 Å². The Labute approximate surface area is 143 Å². The summed E-state index contributed by atoms with van der Waals surface area (Å²) in [7, 11) is 1.84. The molecule has 0 saturated heterocycles. The van der Waals surface area contributed by atoms with Crippen molar-refractivity contribution >= 4 is 28.5 Å². The fourth-order valence-corrected chi connectivity index (χ4v) is 4.00. The van der Waals surface area contributed by atoms with Crippen LogP contribution in [0.3, 0.4) is 0 Å². The molecule has 2 aromatic carbocycles. The van der Waals surface area contributed by atoms with Crippen LogP contribution < -0.4 is 10.6 Å². The van der Waals surface area contributed by atoms with Crippen molar-refractivity contribution in [3.05, 3.63) is 48.0 Å². The van der Waals surface area contributed by atoms with Crippen molar-refractivity contribution in [1.29, 1.82) is 0 Å². The third-order valence-corrected chi connectivity index (χ3v) is 5.65. The van der Waals surface area contributed by atoms with Crippen LogP contribution in [-0.2, 0) is 6.54 Å². The van der Waals surface area contributed by atoms with Crippen LogP contribution in [0.15, 0.2) is 47.5 Å². The minimum Gasteiger partial charge on any atom is -0.354 e. The first kappa shape index (κ1) is 16.2. The van der Waals surface area contributed by atoms with E-state index in [1.54, 1.807) is 0 Å². The van der Waals surface area contributed by atoms with E-state index >= 15 is 0 Å². The Morgan fingerprint density at radius 1 is 1.17 bits per heavy atom. The van der Waals surface area contributed by atoms with Crippen LogP contribution >= 0.6 is 11.8 Å². The average Bonchev–Trinajstić information content (AvgIpc) is 3.06. The zero-order valence-electron chi connectivity index (χ0n) is 13.9. The molecule has 0 aliphatic heterocycles. The number of hydrogen-bond acceptors (Lipinski definition) is 2. The van der Waals surface area contributed by atoms with Gasteiger partial charge in [-0.2, -0.15) is 11.8 Å². The highest BCUT2D eigenvalue weighted by molar-refractivity contribution is 7.99. The number of nitrogens with one attached hydrogen (secondary N) is 2. The summed E-state index contributed by atoms with van der Waals surface area (Å²) in [5.74, 6) is 0.907. The van der Waals surface area contributed by atoms with Gasteiger partial charge in [0, 0.05) is 24.9 Å². The predicted octanol–water partition coefficient (Wildman–Crippen LogP) is 3.79. The summed E-state index contributed by atoms with van der Waals surface area (Å²) < 4.78 is 0. The summed E-state index contributed by atoms with van der Waals surface area (Å²) in [5, 5.41) is 10.4. The molecule has 1 aliphatic carbocycles. The summed E-state index contributed by atoms with van der Waals surface area (Å²) in [6.07, 6.45) is 5.99. The first-order chi connectivity index (χ1) is 11.3. The molecule has 122 valence electrons. The molecule has 0 spiro atoms. The first-order valence-corrected chi connectivity index (χ1v) is 9.55. The number of fused-ring (bicyclic) bond motifs is 1. The molecule has 1 fully saturated rings. The maximum atomic E-state index is 4.37. The van der Waals surface area contributed by atoms with Crippen molar-refractivity contribution in [3.63, 3.8) is 0 Å². The lowest BCUT2D eigenvalue weighted by molar-refractivity contribution is 0.614. The Bertz CT molecular complexity index is 683. The van der Waals surface area contributed by atoms with E-state index in [0.717, 1.165) is 17.8 Å². The van der Waals surface area contributed by atoms with E-state index in [1.165, 1.54) is 35.6 Å². The number of hydrogen-bond donors (Lipinski definition) is 2. The molecule has 2 N–H and O–H groups in total. The molecule has 4 heteroatoms. The maximum absolute atomic E-state index is 4.37. The molecule has 3 rings (SSSR count). The number of benzene rings is 2. The van der Waals surface area contributed by atoms with E-state index in [-0.39, 0.29) is 0 Å². The number of guanidine groups is 1. The zero-order chi connectivity index (χ0) is 16.1. The number of rotatable bonds is 4. The van der Waals surface area contributed by atoms with Crippen LogP contribution in [0.1, 0.15) is 24.8 Å². The van der Waals surface area contributed by atoms with Crippen LogP contribution in [0, 0.1) is 0 Å². The molecule has 1 saturated carbocycles. The van der Waals surface area contributed by atoms with Gasteiger partial charge < -0.3 is 10.6 Å². The molecule has 1 aliphatic rings. The Kier molecular flexibility index (Phi) is 5.44. The van der Waals surface area contributed by atoms with Gasteiger partial charge in [-0.1, -0.05) is 36.4 Å². The lowest BCUT2D eigenvalue weighted by Crippen LogP contribution is -2.42. The topological polar surface area (TPSA) is 36.4 Å². The van der Waals surface area contributed by atoms with Gasteiger partial charge in [-0.25, -0.2) is 0 Å². The van der Waals surface area contributed by atoms with Gasteiger partial charge in [0.15, 0.2) is 5.96 Å². The second-order valence-corrected chi connectivity index (χ2v) is 7.26. The van der Waals surface area contributed by atoms with Crippen molar-refractivity contribution in [2.24, 2.45) is 4.99 Å². The van der Waals surface area contributed by atoms with Crippen LogP contribution in [0.2, 0.25) is 0 Å². The minimum absolute atomic E-state index is 0.551. The molecule has 0 amide bonds. The Morgan fingerprint density at radius 2 is 2.00 bits per heavy atom. The van der Waals surface area contributed by atoms with Gasteiger partial charge in [-0.05, 0) is 47.9 Å². The van der Waals surface area contributed by atoms with Crippen LogP contribution in [-0.4, -0.2) is 30.6 Å². The Hall–Kier alpha value is -1.68. The highest BCUT2D eigenvalue weighted by atomic mass is 32.2. The van der Waals surface area contributed by atoms with E-state index in [4.69, 9.17) is 0 Å². The van der Waals surface area contributed by atoms with Gasteiger partial charge in [0.1, 0.15) is 0 Å². The molecular formula is C19H25N3S. The molecule has 3 nitrogen and oxygen atoms in total. The molecule has 0 aromatic heterocycles. The molecule has 0 radical (unpaired) electrons. The average molecular weight is 327 g/mol. The van der Waals surface area contributed by atoms with Gasteiger partial charge in [0.05, 0.1) is 0 Å². The fraction of sp³-hybridized carbons (Fsp3) is 0.421. The molecule has 2 aromatic rings. The Balaban J connectivity index is 1.57. The predicted molar refractivity (Wildman–Crippen MR) is 102 cm³/mol. The third-order valence-electron chi connectivity index (χ3n) is 4.56. The number of nitrogens with zero attached hydrogens (tertiary/aromatic N) is 1. The molecule has 2 unspecified atom stereocenters. The van der Waals surface area contributed by atoms with E-state index in [2.05, 4.69) is 64.3 Å². The van der Waals surface area contributed by atoms with Crippen molar-refractivity contribution in [2.75, 3.05) is 13.3 Å². The van der Waals surface area contributed by atoms with Crippen molar-refractivity contribution in [2.45, 2.75) is 37.1 Å². The second kappa shape index (κ2) is 7.73. The second-order valence-electron chi connectivity index (χ2n) is 6.12.